The van der Waals surface area contributed by atoms with Gasteiger partial charge in [0, 0.05) is 5.69 Å². The molecule has 0 saturated carbocycles. The molecule has 0 saturated heterocycles. The van der Waals surface area contributed by atoms with Crippen LogP contribution in [-0.2, 0) is 13.1 Å². The Labute approximate surface area is 95.1 Å². The highest BCUT2D eigenvalue weighted by molar-refractivity contribution is 5.21. The predicted molar refractivity (Wildman–Crippen MR) is 62.1 cm³/mol. The lowest BCUT2D eigenvalue weighted by molar-refractivity contribution is 0.452. The van der Waals surface area contributed by atoms with Crippen molar-refractivity contribution in [2.24, 2.45) is 5.73 Å². The summed E-state index contributed by atoms with van der Waals surface area (Å²) < 4.78 is 7.74. The number of imidazole rings is 1. The first-order valence-corrected chi connectivity index (χ1v) is 5.38. The highest BCUT2D eigenvalue weighted by Crippen LogP contribution is 2.16. The summed E-state index contributed by atoms with van der Waals surface area (Å²) >= 11 is 0. The average molecular weight is 219 g/mol. The number of nitrogens with two attached hydrogens (primary N) is 1. The highest BCUT2D eigenvalue weighted by atomic mass is 16.3. The third-order valence-electron chi connectivity index (χ3n) is 2.93. The van der Waals surface area contributed by atoms with E-state index in [1.54, 1.807) is 0 Å². The first kappa shape index (κ1) is 11.0. The molecule has 16 heavy (non-hydrogen) atoms. The van der Waals surface area contributed by atoms with Gasteiger partial charge in [0.05, 0.1) is 25.1 Å². The van der Waals surface area contributed by atoms with Crippen LogP contribution in [0.15, 0.2) is 16.8 Å². The van der Waals surface area contributed by atoms with E-state index in [1.807, 2.05) is 26.2 Å². The van der Waals surface area contributed by atoms with Gasteiger partial charge in [-0.15, -0.1) is 0 Å². The van der Waals surface area contributed by atoms with Gasteiger partial charge in [-0.3, -0.25) is 0 Å². The normalized spacial score (nSPS) is 11.0. The van der Waals surface area contributed by atoms with Gasteiger partial charge in [0.25, 0.3) is 0 Å². The van der Waals surface area contributed by atoms with Crippen molar-refractivity contribution in [2.75, 3.05) is 0 Å². The van der Waals surface area contributed by atoms with Gasteiger partial charge in [0.1, 0.15) is 11.5 Å². The van der Waals surface area contributed by atoms with Crippen molar-refractivity contribution in [3.63, 3.8) is 0 Å². The Kier molecular flexibility index (Phi) is 2.83. The summed E-state index contributed by atoms with van der Waals surface area (Å²) in [5.74, 6) is 1.79. The number of rotatable bonds is 3. The maximum Gasteiger partial charge on any atom is 0.124 e. The van der Waals surface area contributed by atoms with Gasteiger partial charge in [-0.1, -0.05) is 0 Å². The second kappa shape index (κ2) is 4.14. The van der Waals surface area contributed by atoms with Gasteiger partial charge in [-0.2, -0.15) is 0 Å². The van der Waals surface area contributed by atoms with E-state index in [2.05, 4.69) is 16.5 Å². The Morgan fingerprint density at radius 1 is 1.38 bits per heavy atom. The molecular weight excluding hydrogens is 202 g/mol. The van der Waals surface area contributed by atoms with Crippen LogP contribution in [0.4, 0.5) is 0 Å². The van der Waals surface area contributed by atoms with Crippen LogP contribution in [0.3, 0.4) is 0 Å². The first-order chi connectivity index (χ1) is 7.61. The molecule has 0 atom stereocenters. The van der Waals surface area contributed by atoms with E-state index in [-0.39, 0.29) is 0 Å². The number of hydrogen-bond acceptors (Lipinski definition) is 3. The van der Waals surface area contributed by atoms with Crippen molar-refractivity contribution in [3.8, 4) is 0 Å². The molecule has 4 nitrogen and oxygen atoms in total. The minimum atomic E-state index is 0.452. The summed E-state index contributed by atoms with van der Waals surface area (Å²) in [7, 11) is 0. The Morgan fingerprint density at radius 2 is 2.12 bits per heavy atom. The molecule has 2 aromatic rings. The van der Waals surface area contributed by atoms with Crippen LogP contribution >= 0.6 is 0 Å². The van der Waals surface area contributed by atoms with E-state index >= 15 is 0 Å². The molecular formula is C12H17N3O. The molecule has 0 spiro atoms. The fourth-order valence-corrected chi connectivity index (χ4v) is 1.74. The standard InChI is InChI=1S/C12H17N3O/c1-8-4-11(16-12(8)5-13)6-15-7-14-9(2)10(15)3/h4,7H,5-6,13H2,1-3H3. The Balaban J connectivity index is 2.23. The van der Waals surface area contributed by atoms with Crippen LogP contribution in [0.25, 0.3) is 0 Å². The van der Waals surface area contributed by atoms with E-state index < -0.39 is 0 Å². The number of hydrogen-bond donors (Lipinski definition) is 1. The van der Waals surface area contributed by atoms with Gasteiger partial charge in [-0.25, -0.2) is 4.98 Å². The maximum atomic E-state index is 5.66. The molecule has 86 valence electrons. The molecule has 4 heteroatoms. The van der Waals surface area contributed by atoms with Crippen molar-refractivity contribution in [1.82, 2.24) is 9.55 Å². The van der Waals surface area contributed by atoms with Crippen LogP contribution < -0.4 is 5.73 Å². The molecule has 0 aliphatic heterocycles. The van der Waals surface area contributed by atoms with Crippen LogP contribution in [0.1, 0.15) is 28.5 Å². The molecule has 0 aromatic carbocycles. The molecule has 0 bridgehead atoms. The quantitative estimate of drug-likeness (QED) is 0.857. The Hall–Kier alpha value is -1.55. The Bertz CT molecular complexity index is 496. The van der Waals surface area contributed by atoms with Crippen LogP contribution in [0, 0.1) is 20.8 Å². The molecule has 2 rings (SSSR count). The van der Waals surface area contributed by atoms with Gasteiger partial charge >= 0.3 is 0 Å². The summed E-state index contributed by atoms with van der Waals surface area (Å²) in [6.45, 7) is 7.25. The second-order valence-electron chi connectivity index (χ2n) is 4.07. The lowest BCUT2D eigenvalue weighted by Gasteiger charge is -2.02. The third kappa shape index (κ3) is 1.88. The van der Waals surface area contributed by atoms with Crippen LogP contribution in [0.2, 0.25) is 0 Å². The number of furan rings is 1. The molecule has 0 aliphatic carbocycles. The summed E-state index contributed by atoms with van der Waals surface area (Å²) in [5.41, 5.74) is 8.92. The molecule has 0 unspecified atom stereocenters. The average Bonchev–Trinajstić information content (AvgIpc) is 2.76. The number of nitrogens with zero attached hydrogens (tertiary/aromatic N) is 2. The van der Waals surface area contributed by atoms with Crippen molar-refractivity contribution < 1.29 is 4.42 Å². The molecule has 0 amide bonds. The van der Waals surface area contributed by atoms with Crippen molar-refractivity contribution >= 4 is 0 Å². The molecule has 0 radical (unpaired) electrons. The zero-order valence-electron chi connectivity index (χ0n) is 9.95. The number of aromatic nitrogens is 2. The first-order valence-electron chi connectivity index (χ1n) is 5.38. The summed E-state index contributed by atoms with van der Waals surface area (Å²) in [4.78, 5) is 4.26. The molecule has 2 heterocycles. The predicted octanol–water partition coefficient (Wildman–Crippen LogP) is 1.91. The van der Waals surface area contributed by atoms with Crippen LogP contribution in [-0.4, -0.2) is 9.55 Å². The zero-order chi connectivity index (χ0) is 11.7. The van der Waals surface area contributed by atoms with Gasteiger partial charge < -0.3 is 14.7 Å². The fourth-order valence-electron chi connectivity index (χ4n) is 1.74. The SMILES string of the molecule is Cc1cc(Cn2cnc(C)c2C)oc1CN. The van der Waals surface area contributed by atoms with E-state index in [1.165, 1.54) is 5.69 Å². The second-order valence-corrected chi connectivity index (χ2v) is 4.07. The largest absolute Gasteiger partial charge is 0.463 e. The lowest BCUT2D eigenvalue weighted by atomic mass is 10.2. The molecule has 0 aliphatic rings. The van der Waals surface area contributed by atoms with E-state index in [0.29, 0.717) is 13.1 Å². The molecule has 2 aromatic heterocycles. The highest BCUT2D eigenvalue weighted by Gasteiger charge is 2.08. The lowest BCUT2D eigenvalue weighted by Crippen LogP contribution is -1.99. The summed E-state index contributed by atoms with van der Waals surface area (Å²) in [6.07, 6.45) is 1.84. The topological polar surface area (TPSA) is 57.0 Å². The molecule has 2 N–H and O–H groups in total. The molecule has 0 fully saturated rings. The fraction of sp³-hybridized carbons (Fsp3) is 0.417. The summed E-state index contributed by atoms with van der Waals surface area (Å²) in [6, 6.07) is 2.04. The van der Waals surface area contributed by atoms with Gasteiger partial charge in [-0.05, 0) is 32.4 Å². The van der Waals surface area contributed by atoms with Gasteiger partial charge in [0.2, 0.25) is 0 Å². The minimum Gasteiger partial charge on any atom is -0.463 e. The summed E-state index contributed by atoms with van der Waals surface area (Å²) in [5, 5.41) is 0. The van der Waals surface area contributed by atoms with Crippen LogP contribution in [0.5, 0.6) is 0 Å². The maximum absolute atomic E-state index is 5.66. The smallest absolute Gasteiger partial charge is 0.124 e. The zero-order valence-corrected chi connectivity index (χ0v) is 9.95. The van der Waals surface area contributed by atoms with E-state index in [4.69, 9.17) is 10.2 Å². The van der Waals surface area contributed by atoms with E-state index in [0.717, 1.165) is 22.8 Å². The monoisotopic (exact) mass is 219 g/mol. The van der Waals surface area contributed by atoms with E-state index in [9.17, 15) is 0 Å². The third-order valence-corrected chi connectivity index (χ3v) is 2.93. The minimum absolute atomic E-state index is 0.452. The van der Waals surface area contributed by atoms with Crippen molar-refractivity contribution in [1.29, 1.82) is 0 Å². The van der Waals surface area contributed by atoms with Crippen molar-refractivity contribution in [2.45, 2.75) is 33.9 Å². The van der Waals surface area contributed by atoms with Crippen molar-refractivity contribution in [3.05, 3.63) is 40.9 Å². The van der Waals surface area contributed by atoms with Gasteiger partial charge in [0.15, 0.2) is 0 Å². The Morgan fingerprint density at radius 3 is 2.62 bits per heavy atom. The number of aryl methyl sites for hydroxylation is 2.